The van der Waals surface area contributed by atoms with Crippen LogP contribution in [0.25, 0.3) is 0 Å². The molecule has 3 atom stereocenters. The molecule has 2 aliphatic rings. The molecule has 6 heteroatoms. The lowest BCUT2D eigenvalue weighted by Crippen LogP contribution is -2.55. The van der Waals surface area contributed by atoms with Crippen molar-refractivity contribution in [2.75, 3.05) is 13.1 Å². The van der Waals surface area contributed by atoms with Gasteiger partial charge in [0.2, 0.25) is 5.91 Å². The third kappa shape index (κ3) is 4.38. The average molecular weight is 380 g/mol. The third-order valence-electron chi connectivity index (χ3n) is 5.44. The maximum Gasteiger partial charge on any atom is 0.251 e. The Bertz CT molecular complexity index is 618. The van der Waals surface area contributed by atoms with Gasteiger partial charge in [0.1, 0.15) is 6.04 Å². The van der Waals surface area contributed by atoms with Crippen molar-refractivity contribution in [2.24, 2.45) is 5.92 Å². The minimum atomic E-state index is -0.477. The molecule has 0 spiro atoms. The molecule has 0 aliphatic carbocycles. The second kappa shape index (κ2) is 8.87. The van der Waals surface area contributed by atoms with Crippen LogP contribution in [0.4, 0.5) is 0 Å². The van der Waals surface area contributed by atoms with Gasteiger partial charge in [0.15, 0.2) is 0 Å². The van der Waals surface area contributed by atoms with E-state index in [9.17, 15) is 9.59 Å². The number of benzene rings is 1. The van der Waals surface area contributed by atoms with Crippen LogP contribution in [0, 0.1) is 12.8 Å². The molecule has 1 aromatic rings. The number of rotatable bonds is 4. The Kier molecular flexibility index (Phi) is 7.07. The molecular formula is C20H30ClN3O2. The molecule has 2 amide bonds. The first kappa shape index (κ1) is 20.7. The summed E-state index contributed by atoms with van der Waals surface area (Å²) >= 11 is 0. The van der Waals surface area contributed by atoms with Gasteiger partial charge >= 0.3 is 0 Å². The SMILES string of the molecule is Cc1ccc(C(=O)NC(C(=O)N2C3CCNCC2CC3)C(C)C)cc1.Cl. The van der Waals surface area contributed by atoms with Crippen molar-refractivity contribution in [3.05, 3.63) is 35.4 Å². The molecule has 2 aliphatic heterocycles. The molecule has 3 unspecified atom stereocenters. The Morgan fingerprint density at radius 2 is 1.77 bits per heavy atom. The number of hydrogen-bond donors (Lipinski definition) is 2. The molecule has 2 bridgehead atoms. The number of nitrogens with zero attached hydrogens (tertiary/aromatic N) is 1. The number of nitrogens with one attached hydrogen (secondary N) is 2. The molecule has 5 nitrogen and oxygen atoms in total. The van der Waals surface area contributed by atoms with Crippen molar-refractivity contribution in [1.29, 1.82) is 0 Å². The zero-order chi connectivity index (χ0) is 18.0. The van der Waals surface area contributed by atoms with Crippen molar-refractivity contribution in [3.63, 3.8) is 0 Å². The predicted octanol–water partition coefficient (Wildman–Crippen LogP) is 2.52. The van der Waals surface area contributed by atoms with Crippen molar-refractivity contribution < 1.29 is 9.59 Å². The van der Waals surface area contributed by atoms with Gasteiger partial charge in [-0.3, -0.25) is 9.59 Å². The van der Waals surface area contributed by atoms with Gasteiger partial charge < -0.3 is 15.5 Å². The zero-order valence-electron chi connectivity index (χ0n) is 15.8. The number of fused-ring (bicyclic) bond motifs is 2. The van der Waals surface area contributed by atoms with Gasteiger partial charge in [0.05, 0.1) is 0 Å². The molecule has 144 valence electrons. The van der Waals surface area contributed by atoms with E-state index in [2.05, 4.69) is 15.5 Å². The average Bonchev–Trinajstić information content (AvgIpc) is 2.85. The van der Waals surface area contributed by atoms with E-state index >= 15 is 0 Å². The summed E-state index contributed by atoms with van der Waals surface area (Å²) in [5.74, 6) is -0.0449. The highest BCUT2D eigenvalue weighted by molar-refractivity contribution is 5.97. The van der Waals surface area contributed by atoms with E-state index < -0.39 is 6.04 Å². The maximum atomic E-state index is 13.3. The predicted molar refractivity (Wildman–Crippen MR) is 106 cm³/mol. The maximum absolute atomic E-state index is 13.3. The molecule has 2 N–H and O–H groups in total. The van der Waals surface area contributed by atoms with Gasteiger partial charge in [0.25, 0.3) is 5.91 Å². The molecule has 2 saturated heterocycles. The molecule has 1 aromatic carbocycles. The van der Waals surface area contributed by atoms with Gasteiger partial charge in [-0.25, -0.2) is 0 Å². The highest BCUT2D eigenvalue weighted by Crippen LogP contribution is 2.29. The minimum Gasteiger partial charge on any atom is -0.340 e. The Balaban J connectivity index is 0.00000243. The van der Waals surface area contributed by atoms with Crippen LogP contribution in [0.5, 0.6) is 0 Å². The van der Waals surface area contributed by atoms with Gasteiger partial charge in [-0.2, -0.15) is 0 Å². The second-order valence-corrected chi connectivity index (χ2v) is 7.68. The summed E-state index contributed by atoms with van der Waals surface area (Å²) < 4.78 is 0. The summed E-state index contributed by atoms with van der Waals surface area (Å²) in [6, 6.07) is 7.56. The van der Waals surface area contributed by atoms with Crippen LogP contribution in [0.2, 0.25) is 0 Å². The van der Waals surface area contributed by atoms with Crippen molar-refractivity contribution in [1.82, 2.24) is 15.5 Å². The molecular weight excluding hydrogens is 350 g/mol. The fourth-order valence-electron chi connectivity index (χ4n) is 3.95. The number of aryl methyl sites for hydroxylation is 1. The molecule has 0 saturated carbocycles. The Labute approximate surface area is 162 Å². The van der Waals surface area contributed by atoms with Crippen LogP contribution in [-0.2, 0) is 4.79 Å². The van der Waals surface area contributed by atoms with Crippen LogP contribution in [0.3, 0.4) is 0 Å². The first-order valence-electron chi connectivity index (χ1n) is 9.38. The van der Waals surface area contributed by atoms with Gasteiger partial charge in [-0.15, -0.1) is 12.4 Å². The Hall–Kier alpha value is -1.59. The monoisotopic (exact) mass is 379 g/mol. The fourth-order valence-corrected chi connectivity index (χ4v) is 3.95. The van der Waals surface area contributed by atoms with Crippen molar-refractivity contribution in [2.45, 2.75) is 58.2 Å². The highest BCUT2D eigenvalue weighted by Gasteiger charge is 2.41. The van der Waals surface area contributed by atoms with Crippen molar-refractivity contribution >= 4 is 24.2 Å². The largest absolute Gasteiger partial charge is 0.340 e. The molecule has 3 rings (SSSR count). The summed E-state index contributed by atoms with van der Waals surface area (Å²) in [7, 11) is 0. The first-order valence-corrected chi connectivity index (χ1v) is 9.38. The summed E-state index contributed by atoms with van der Waals surface area (Å²) in [6.07, 6.45) is 3.13. The normalized spacial score (nSPS) is 23.2. The molecule has 2 fully saturated rings. The molecule has 2 heterocycles. The quantitative estimate of drug-likeness (QED) is 0.845. The van der Waals surface area contributed by atoms with Crippen LogP contribution >= 0.6 is 12.4 Å². The zero-order valence-corrected chi connectivity index (χ0v) is 16.6. The van der Waals surface area contributed by atoms with E-state index in [1.807, 2.05) is 45.0 Å². The Morgan fingerprint density at radius 3 is 2.42 bits per heavy atom. The number of amides is 2. The number of carbonyl (C=O) groups is 2. The highest BCUT2D eigenvalue weighted by atomic mass is 35.5. The lowest BCUT2D eigenvalue weighted by atomic mass is 10.0. The van der Waals surface area contributed by atoms with Gasteiger partial charge in [-0.1, -0.05) is 31.5 Å². The van der Waals surface area contributed by atoms with E-state index in [0.29, 0.717) is 11.6 Å². The van der Waals surface area contributed by atoms with Crippen LogP contribution in [0.1, 0.15) is 49.0 Å². The van der Waals surface area contributed by atoms with Crippen molar-refractivity contribution in [3.8, 4) is 0 Å². The minimum absolute atomic E-state index is 0. The van der Waals surface area contributed by atoms with Crippen LogP contribution in [-0.4, -0.2) is 47.9 Å². The topological polar surface area (TPSA) is 61.4 Å². The first-order chi connectivity index (χ1) is 12.0. The summed E-state index contributed by atoms with van der Waals surface area (Å²) in [5, 5.41) is 6.41. The molecule has 26 heavy (non-hydrogen) atoms. The van der Waals surface area contributed by atoms with E-state index in [-0.39, 0.29) is 36.2 Å². The van der Waals surface area contributed by atoms with Gasteiger partial charge in [-0.05, 0) is 50.8 Å². The standard InChI is InChI=1S/C20H29N3O2.ClH/c1-13(2)18(22-19(24)15-6-4-14(3)5-7-15)20(25)23-16-8-9-17(23)12-21-11-10-16;/h4-7,13,16-18,21H,8-12H2,1-3H3,(H,22,24);1H. The van der Waals surface area contributed by atoms with E-state index in [1.54, 1.807) is 0 Å². The lowest BCUT2D eigenvalue weighted by Gasteiger charge is -2.33. The summed E-state index contributed by atoms with van der Waals surface area (Å²) in [4.78, 5) is 27.9. The number of halogens is 1. The summed E-state index contributed by atoms with van der Waals surface area (Å²) in [5.41, 5.74) is 1.71. The van der Waals surface area contributed by atoms with E-state index in [4.69, 9.17) is 0 Å². The number of hydrogen-bond acceptors (Lipinski definition) is 3. The summed E-state index contributed by atoms with van der Waals surface area (Å²) in [6.45, 7) is 7.81. The Morgan fingerprint density at radius 1 is 1.12 bits per heavy atom. The number of carbonyl (C=O) groups excluding carboxylic acids is 2. The molecule has 0 radical (unpaired) electrons. The molecule has 0 aromatic heterocycles. The van der Waals surface area contributed by atoms with Crippen LogP contribution in [0.15, 0.2) is 24.3 Å². The van der Waals surface area contributed by atoms with E-state index in [1.165, 1.54) is 0 Å². The smallest absolute Gasteiger partial charge is 0.251 e. The van der Waals surface area contributed by atoms with Gasteiger partial charge in [0, 0.05) is 24.2 Å². The third-order valence-corrected chi connectivity index (χ3v) is 5.44. The van der Waals surface area contributed by atoms with E-state index in [0.717, 1.165) is 37.9 Å². The second-order valence-electron chi connectivity index (χ2n) is 7.68. The van der Waals surface area contributed by atoms with Crippen LogP contribution < -0.4 is 10.6 Å². The lowest BCUT2D eigenvalue weighted by molar-refractivity contribution is -0.137. The fraction of sp³-hybridized carbons (Fsp3) is 0.600.